The maximum Gasteiger partial charge on any atom is 0.270 e. The van der Waals surface area contributed by atoms with Gasteiger partial charge in [-0.1, -0.05) is 31.2 Å². The van der Waals surface area contributed by atoms with Crippen molar-refractivity contribution in [3.05, 3.63) is 60.3 Å². The monoisotopic (exact) mass is 444 g/mol. The largest absolute Gasteiger partial charge is 0.493 e. The number of ether oxygens (including phenoxy) is 1. The Labute approximate surface area is 191 Å². The van der Waals surface area contributed by atoms with Gasteiger partial charge in [-0.3, -0.25) is 4.79 Å². The van der Waals surface area contributed by atoms with E-state index in [-0.39, 0.29) is 23.3 Å². The Morgan fingerprint density at radius 1 is 1.06 bits per heavy atom. The van der Waals surface area contributed by atoms with Crippen LogP contribution in [0.5, 0.6) is 5.75 Å². The topological polar surface area (TPSA) is 120 Å². The van der Waals surface area contributed by atoms with Crippen LogP contribution in [0.4, 0.5) is 5.82 Å². The number of rotatable bonds is 7. The van der Waals surface area contributed by atoms with E-state index in [1.54, 1.807) is 44.6 Å². The molecule has 2 aromatic carbocycles. The van der Waals surface area contributed by atoms with Gasteiger partial charge in [0.1, 0.15) is 5.75 Å². The molecule has 0 aliphatic rings. The fourth-order valence-corrected chi connectivity index (χ4v) is 3.15. The summed E-state index contributed by atoms with van der Waals surface area (Å²) in [5.41, 5.74) is 8.96. The molecule has 0 fully saturated rings. The first-order valence-corrected chi connectivity index (χ1v) is 10.5. The molecule has 0 aliphatic carbocycles. The van der Waals surface area contributed by atoms with Gasteiger partial charge in [0, 0.05) is 25.2 Å². The number of carbonyl (C=O) groups excluding carboxylic acids is 1. The molecule has 4 aromatic rings. The maximum absolute atomic E-state index is 12.1. The van der Waals surface area contributed by atoms with Gasteiger partial charge in [-0.15, -0.1) is 10.2 Å². The highest BCUT2D eigenvalue weighted by Crippen LogP contribution is 2.32. The summed E-state index contributed by atoms with van der Waals surface area (Å²) in [6.45, 7) is 2.62. The van der Waals surface area contributed by atoms with Gasteiger partial charge in [-0.2, -0.15) is 0 Å². The molecular formula is C24H24N6O3. The van der Waals surface area contributed by atoms with Crippen LogP contribution in [0.15, 0.2) is 59.1 Å². The second-order valence-corrected chi connectivity index (χ2v) is 7.52. The molecule has 0 spiro atoms. The molecule has 0 radical (unpaired) electrons. The zero-order chi connectivity index (χ0) is 23.4. The summed E-state index contributed by atoms with van der Waals surface area (Å²) < 4.78 is 11.7. The number of benzene rings is 2. The van der Waals surface area contributed by atoms with Crippen LogP contribution in [0.25, 0.3) is 34.3 Å². The SMILES string of the molecule is CCCOc1ccccc1-c1nnc(-c2nc(-c3ccc(C(=O)N(C)C)cc3)cnc2N)o1. The summed E-state index contributed by atoms with van der Waals surface area (Å²) in [7, 11) is 3.42. The molecule has 0 unspecified atom stereocenters. The minimum Gasteiger partial charge on any atom is -0.493 e. The predicted molar refractivity (Wildman–Crippen MR) is 124 cm³/mol. The van der Waals surface area contributed by atoms with E-state index >= 15 is 0 Å². The Balaban J connectivity index is 1.65. The number of anilines is 1. The molecule has 4 rings (SSSR count). The third kappa shape index (κ3) is 4.67. The van der Waals surface area contributed by atoms with Crippen LogP contribution < -0.4 is 10.5 Å². The summed E-state index contributed by atoms with van der Waals surface area (Å²) in [6, 6.07) is 14.6. The lowest BCUT2D eigenvalue weighted by Gasteiger charge is -2.10. The summed E-state index contributed by atoms with van der Waals surface area (Å²) in [6.07, 6.45) is 2.44. The Bertz CT molecular complexity index is 1270. The first kappa shape index (κ1) is 21.9. The molecule has 2 heterocycles. The molecule has 0 bridgehead atoms. The van der Waals surface area contributed by atoms with Gasteiger partial charge >= 0.3 is 0 Å². The molecular weight excluding hydrogens is 420 g/mol. The minimum absolute atomic E-state index is 0.0767. The van der Waals surface area contributed by atoms with E-state index in [1.165, 1.54) is 4.90 Å². The van der Waals surface area contributed by atoms with Crippen LogP contribution in [0.1, 0.15) is 23.7 Å². The molecule has 1 amide bonds. The van der Waals surface area contributed by atoms with Gasteiger partial charge in [-0.05, 0) is 30.7 Å². The first-order chi connectivity index (χ1) is 16.0. The van der Waals surface area contributed by atoms with E-state index in [0.29, 0.717) is 35.1 Å². The fourth-order valence-electron chi connectivity index (χ4n) is 3.15. The summed E-state index contributed by atoms with van der Waals surface area (Å²) >= 11 is 0. The van der Waals surface area contributed by atoms with Crippen LogP contribution in [-0.4, -0.2) is 51.7 Å². The number of hydrogen-bond acceptors (Lipinski definition) is 8. The van der Waals surface area contributed by atoms with Crippen molar-refractivity contribution in [2.24, 2.45) is 0 Å². The van der Waals surface area contributed by atoms with Crippen molar-refractivity contribution >= 4 is 11.7 Å². The number of nitrogens with zero attached hydrogens (tertiary/aromatic N) is 5. The minimum atomic E-state index is -0.0767. The quantitative estimate of drug-likeness (QED) is 0.455. The zero-order valence-corrected chi connectivity index (χ0v) is 18.6. The Hall–Kier alpha value is -4.27. The van der Waals surface area contributed by atoms with E-state index in [2.05, 4.69) is 20.2 Å². The third-order valence-corrected chi connectivity index (χ3v) is 4.84. The van der Waals surface area contributed by atoms with Gasteiger partial charge in [0.25, 0.3) is 17.7 Å². The number of para-hydroxylation sites is 1. The highest BCUT2D eigenvalue weighted by Gasteiger charge is 2.19. The number of amides is 1. The molecule has 2 N–H and O–H groups in total. The van der Waals surface area contributed by atoms with Crippen LogP contribution >= 0.6 is 0 Å². The molecule has 0 aliphatic heterocycles. The van der Waals surface area contributed by atoms with Crippen molar-refractivity contribution in [2.75, 3.05) is 26.4 Å². The average Bonchev–Trinajstić information content (AvgIpc) is 3.32. The molecule has 0 saturated heterocycles. The summed E-state index contributed by atoms with van der Waals surface area (Å²) in [5.74, 6) is 1.21. The number of nitrogen functional groups attached to an aromatic ring is 1. The molecule has 168 valence electrons. The zero-order valence-electron chi connectivity index (χ0n) is 18.6. The standard InChI is InChI=1S/C24H24N6O3/c1-4-13-32-19-8-6-5-7-17(19)22-28-29-23(33-22)20-21(25)26-14-18(27-20)15-9-11-16(12-10-15)24(31)30(2)3/h5-12,14H,4,13H2,1-3H3,(H2,25,26). The first-order valence-electron chi connectivity index (χ1n) is 10.5. The second-order valence-electron chi connectivity index (χ2n) is 7.52. The third-order valence-electron chi connectivity index (χ3n) is 4.84. The lowest BCUT2D eigenvalue weighted by molar-refractivity contribution is 0.0827. The lowest BCUT2D eigenvalue weighted by Crippen LogP contribution is -2.21. The molecule has 0 atom stereocenters. The van der Waals surface area contributed by atoms with E-state index < -0.39 is 0 Å². The van der Waals surface area contributed by atoms with E-state index in [0.717, 1.165) is 12.0 Å². The Kier molecular flexibility index (Phi) is 6.30. The molecule has 0 saturated carbocycles. The number of aromatic nitrogens is 4. The normalized spacial score (nSPS) is 10.8. The molecule has 2 aromatic heterocycles. The summed E-state index contributed by atoms with van der Waals surface area (Å²) in [5, 5.41) is 8.29. The van der Waals surface area contributed by atoms with Crippen molar-refractivity contribution in [2.45, 2.75) is 13.3 Å². The average molecular weight is 444 g/mol. The van der Waals surface area contributed by atoms with Crippen LogP contribution in [0.2, 0.25) is 0 Å². The lowest BCUT2D eigenvalue weighted by atomic mass is 10.1. The molecule has 33 heavy (non-hydrogen) atoms. The van der Waals surface area contributed by atoms with Gasteiger partial charge in [0.2, 0.25) is 0 Å². The van der Waals surface area contributed by atoms with Crippen molar-refractivity contribution in [3.8, 4) is 40.0 Å². The van der Waals surface area contributed by atoms with Crippen LogP contribution in [0, 0.1) is 0 Å². The summed E-state index contributed by atoms with van der Waals surface area (Å²) in [4.78, 5) is 22.5. The second kappa shape index (κ2) is 9.47. The van der Waals surface area contributed by atoms with E-state index in [1.807, 2.05) is 31.2 Å². The van der Waals surface area contributed by atoms with Crippen LogP contribution in [-0.2, 0) is 0 Å². The van der Waals surface area contributed by atoms with Crippen molar-refractivity contribution in [1.29, 1.82) is 0 Å². The van der Waals surface area contributed by atoms with Crippen molar-refractivity contribution in [3.63, 3.8) is 0 Å². The highest BCUT2D eigenvalue weighted by molar-refractivity contribution is 5.94. The van der Waals surface area contributed by atoms with Crippen LogP contribution in [0.3, 0.4) is 0 Å². The van der Waals surface area contributed by atoms with Crippen molar-refractivity contribution < 1.29 is 13.9 Å². The Morgan fingerprint density at radius 3 is 2.52 bits per heavy atom. The van der Waals surface area contributed by atoms with E-state index in [4.69, 9.17) is 14.9 Å². The maximum atomic E-state index is 12.1. The molecule has 9 heteroatoms. The highest BCUT2D eigenvalue weighted by atomic mass is 16.5. The number of nitrogens with two attached hydrogens (primary N) is 1. The fraction of sp³-hybridized carbons (Fsp3) is 0.208. The number of hydrogen-bond donors (Lipinski definition) is 1. The van der Waals surface area contributed by atoms with Gasteiger partial charge in [-0.25, -0.2) is 9.97 Å². The van der Waals surface area contributed by atoms with Crippen molar-refractivity contribution in [1.82, 2.24) is 25.1 Å². The van der Waals surface area contributed by atoms with Gasteiger partial charge in [0.05, 0.1) is 24.1 Å². The Morgan fingerprint density at radius 2 is 1.79 bits per heavy atom. The van der Waals surface area contributed by atoms with E-state index in [9.17, 15) is 4.79 Å². The van der Waals surface area contributed by atoms with Gasteiger partial charge < -0.3 is 19.8 Å². The number of carbonyl (C=O) groups is 1. The van der Waals surface area contributed by atoms with Gasteiger partial charge in [0.15, 0.2) is 11.5 Å². The molecule has 9 nitrogen and oxygen atoms in total. The predicted octanol–water partition coefficient (Wildman–Crippen LogP) is 3.93. The smallest absolute Gasteiger partial charge is 0.270 e.